The number of carbonyl (C=O) groups excluding carboxylic acids is 2. The molecular weight excluding hydrogens is 374 g/mol. The molecule has 3 aliphatic heterocycles. The Balaban J connectivity index is 1.25. The van der Waals surface area contributed by atoms with E-state index >= 15 is 0 Å². The Morgan fingerprint density at radius 1 is 0.967 bits per heavy atom. The molecule has 5 rings (SSSR count). The Morgan fingerprint density at radius 2 is 1.77 bits per heavy atom. The van der Waals surface area contributed by atoms with Crippen LogP contribution in [0.1, 0.15) is 48.0 Å². The van der Waals surface area contributed by atoms with Crippen LogP contribution in [0.4, 0.5) is 11.4 Å². The molecular formula is C25H29N3O2. The molecule has 3 heterocycles. The smallest absolute Gasteiger partial charge is 0.253 e. The van der Waals surface area contributed by atoms with Gasteiger partial charge in [0.2, 0.25) is 5.91 Å². The Labute approximate surface area is 178 Å². The number of amides is 2. The highest BCUT2D eigenvalue weighted by molar-refractivity contribution is 6.05. The third-order valence-corrected chi connectivity index (χ3v) is 6.89. The Bertz CT molecular complexity index is 935. The number of fused-ring (bicyclic) bond motifs is 3. The third kappa shape index (κ3) is 3.69. The van der Waals surface area contributed by atoms with Crippen LogP contribution < -0.4 is 10.2 Å². The van der Waals surface area contributed by atoms with E-state index in [0.29, 0.717) is 11.5 Å². The van der Waals surface area contributed by atoms with Gasteiger partial charge in [0.05, 0.1) is 11.4 Å². The first-order valence-electron chi connectivity index (χ1n) is 11.2. The molecule has 0 radical (unpaired) electrons. The van der Waals surface area contributed by atoms with Gasteiger partial charge in [-0.15, -0.1) is 0 Å². The van der Waals surface area contributed by atoms with Gasteiger partial charge in [0, 0.05) is 25.2 Å². The number of hydrogen-bond donors (Lipinski definition) is 1. The number of piperidine rings is 2. The van der Waals surface area contributed by atoms with Crippen LogP contribution in [0.5, 0.6) is 0 Å². The molecule has 0 bridgehead atoms. The van der Waals surface area contributed by atoms with Crippen molar-refractivity contribution in [1.29, 1.82) is 0 Å². The summed E-state index contributed by atoms with van der Waals surface area (Å²) in [7, 11) is 0. The van der Waals surface area contributed by atoms with Gasteiger partial charge in [-0.05, 0) is 68.2 Å². The number of likely N-dealkylation sites (tertiary alicyclic amines) is 1. The Hall–Kier alpha value is -2.82. The van der Waals surface area contributed by atoms with Crippen molar-refractivity contribution in [1.82, 2.24) is 4.90 Å². The van der Waals surface area contributed by atoms with Crippen molar-refractivity contribution in [3.63, 3.8) is 0 Å². The molecule has 1 N–H and O–H groups in total. The fraction of sp³-hybridized carbons (Fsp3) is 0.440. The summed E-state index contributed by atoms with van der Waals surface area (Å²) in [6, 6.07) is 16.4. The molecule has 3 aliphatic rings. The zero-order valence-corrected chi connectivity index (χ0v) is 17.3. The molecule has 2 saturated heterocycles. The van der Waals surface area contributed by atoms with E-state index in [2.05, 4.69) is 40.5 Å². The van der Waals surface area contributed by atoms with E-state index in [1.165, 1.54) is 5.56 Å². The molecule has 30 heavy (non-hydrogen) atoms. The Morgan fingerprint density at radius 3 is 2.57 bits per heavy atom. The molecule has 0 saturated carbocycles. The summed E-state index contributed by atoms with van der Waals surface area (Å²) in [5.41, 5.74) is 3.88. The zero-order valence-electron chi connectivity index (χ0n) is 17.3. The average Bonchev–Trinajstić information content (AvgIpc) is 2.80. The first-order valence-corrected chi connectivity index (χ1v) is 11.2. The number of nitrogens with one attached hydrogen (secondary N) is 1. The van der Waals surface area contributed by atoms with Crippen LogP contribution in [0, 0.1) is 5.92 Å². The second-order valence-corrected chi connectivity index (χ2v) is 8.85. The van der Waals surface area contributed by atoms with Crippen molar-refractivity contribution in [3.8, 4) is 0 Å². The van der Waals surface area contributed by atoms with Crippen LogP contribution in [0.25, 0.3) is 0 Å². The van der Waals surface area contributed by atoms with Crippen molar-refractivity contribution in [2.45, 2.75) is 44.6 Å². The first-order chi connectivity index (χ1) is 14.7. The predicted molar refractivity (Wildman–Crippen MR) is 119 cm³/mol. The van der Waals surface area contributed by atoms with E-state index in [-0.39, 0.29) is 17.9 Å². The Kier molecular flexibility index (Phi) is 5.19. The van der Waals surface area contributed by atoms with Gasteiger partial charge in [-0.25, -0.2) is 0 Å². The normalized spacial score (nSPS) is 21.6. The molecule has 1 atom stereocenters. The van der Waals surface area contributed by atoms with E-state index in [9.17, 15) is 9.59 Å². The lowest BCUT2D eigenvalue weighted by Gasteiger charge is -2.41. The molecule has 2 fully saturated rings. The molecule has 0 aromatic heterocycles. The minimum Gasteiger partial charge on any atom is -0.358 e. The fourth-order valence-electron chi connectivity index (χ4n) is 5.20. The molecule has 156 valence electrons. The van der Waals surface area contributed by atoms with E-state index in [0.717, 1.165) is 69.5 Å². The highest BCUT2D eigenvalue weighted by Gasteiger charge is 2.35. The minimum absolute atomic E-state index is 0.0588. The molecule has 0 spiro atoms. The highest BCUT2D eigenvalue weighted by Crippen LogP contribution is 2.37. The maximum atomic E-state index is 13.1. The lowest BCUT2D eigenvalue weighted by molar-refractivity contribution is -0.118. The van der Waals surface area contributed by atoms with Gasteiger partial charge in [-0.3, -0.25) is 9.59 Å². The van der Waals surface area contributed by atoms with E-state index in [1.807, 2.05) is 23.1 Å². The van der Waals surface area contributed by atoms with Crippen LogP contribution in [0.3, 0.4) is 0 Å². The third-order valence-electron chi connectivity index (χ3n) is 6.89. The number of hydrogen-bond acceptors (Lipinski definition) is 3. The first kappa shape index (κ1) is 19.2. The van der Waals surface area contributed by atoms with Gasteiger partial charge >= 0.3 is 0 Å². The second kappa shape index (κ2) is 8.13. The van der Waals surface area contributed by atoms with E-state index in [1.54, 1.807) is 0 Å². The van der Waals surface area contributed by atoms with E-state index in [4.69, 9.17) is 0 Å². The van der Waals surface area contributed by atoms with Gasteiger partial charge in [0.1, 0.15) is 6.04 Å². The number of rotatable bonds is 3. The molecule has 2 aromatic rings. The molecule has 0 aliphatic carbocycles. The predicted octanol–water partition coefficient (Wildman–Crippen LogP) is 4.09. The van der Waals surface area contributed by atoms with E-state index < -0.39 is 0 Å². The largest absolute Gasteiger partial charge is 0.358 e. The molecule has 5 heteroatoms. The van der Waals surface area contributed by atoms with Gasteiger partial charge in [0.25, 0.3) is 5.91 Å². The lowest BCUT2D eigenvalue weighted by Crippen LogP contribution is -2.50. The lowest BCUT2D eigenvalue weighted by atomic mass is 9.90. The van der Waals surface area contributed by atoms with Crippen molar-refractivity contribution in [2.75, 3.05) is 29.9 Å². The monoisotopic (exact) mass is 403 g/mol. The fourth-order valence-corrected chi connectivity index (χ4v) is 5.20. The van der Waals surface area contributed by atoms with Crippen LogP contribution in [0.2, 0.25) is 0 Å². The minimum atomic E-state index is -0.0588. The topological polar surface area (TPSA) is 52.7 Å². The molecule has 2 amide bonds. The summed E-state index contributed by atoms with van der Waals surface area (Å²) in [4.78, 5) is 29.8. The van der Waals surface area contributed by atoms with Crippen molar-refractivity contribution >= 4 is 23.2 Å². The molecule has 2 aromatic carbocycles. The van der Waals surface area contributed by atoms with Gasteiger partial charge in [0.15, 0.2) is 0 Å². The number of anilines is 2. The quantitative estimate of drug-likeness (QED) is 0.840. The maximum Gasteiger partial charge on any atom is 0.253 e. The van der Waals surface area contributed by atoms with Crippen LogP contribution in [-0.4, -0.2) is 42.4 Å². The second-order valence-electron chi connectivity index (χ2n) is 8.85. The number of benzene rings is 2. The van der Waals surface area contributed by atoms with Crippen LogP contribution >= 0.6 is 0 Å². The van der Waals surface area contributed by atoms with Gasteiger partial charge < -0.3 is 15.1 Å². The standard InChI is InChI=1S/C25H29N3O2/c29-24-23-8-4-5-13-28(23)22-10-9-20(17-21(22)26-24)25(30)27-14-11-19(12-15-27)16-18-6-2-1-3-7-18/h1-3,6-7,9-10,17,19,23H,4-5,8,11-16H2,(H,26,29). The highest BCUT2D eigenvalue weighted by atomic mass is 16.2. The zero-order chi connectivity index (χ0) is 20.5. The van der Waals surface area contributed by atoms with Gasteiger partial charge in [-0.1, -0.05) is 30.3 Å². The number of nitrogens with zero attached hydrogens (tertiary/aromatic N) is 2. The molecule has 5 nitrogen and oxygen atoms in total. The summed E-state index contributed by atoms with van der Waals surface area (Å²) in [5, 5.41) is 3.04. The summed E-state index contributed by atoms with van der Waals surface area (Å²) >= 11 is 0. The summed E-state index contributed by atoms with van der Waals surface area (Å²) in [5.74, 6) is 0.773. The van der Waals surface area contributed by atoms with Crippen LogP contribution in [0.15, 0.2) is 48.5 Å². The SMILES string of the molecule is O=C1Nc2cc(C(=O)N3CCC(Cc4ccccc4)CC3)ccc2N2CCCCC12. The van der Waals surface area contributed by atoms with Crippen molar-refractivity contribution in [2.24, 2.45) is 5.92 Å². The van der Waals surface area contributed by atoms with Crippen molar-refractivity contribution < 1.29 is 9.59 Å². The van der Waals surface area contributed by atoms with Gasteiger partial charge in [-0.2, -0.15) is 0 Å². The maximum absolute atomic E-state index is 13.1. The summed E-state index contributed by atoms with van der Waals surface area (Å²) in [6.45, 7) is 2.51. The number of carbonyl (C=O) groups is 2. The molecule has 1 unspecified atom stereocenters. The summed E-state index contributed by atoms with van der Waals surface area (Å²) < 4.78 is 0. The van der Waals surface area contributed by atoms with Crippen LogP contribution in [-0.2, 0) is 11.2 Å². The van der Waals surface area contributed by atoms with Crippen molar-refractivity contribution in [3.05, 3.63) is 59.7 Å². The average molecular weight is 404 g/mol. The summed E-state index contributed by atoms with van der Waals surface area (Å²) in [6.07, 6.45) is 6.28.